The van der Waals surface area contributed by atoms with Gasteiger partial charge in [-0.05, 0) is 37.3 Å². The molecule has 0 amide bonds. The van der Waals surface area contributed by atoms with Crippen molar-refractivity contribution in [2.24, 2.45) is 7.05 Å². The zero-order valence-corrected chi connectivity index (χ0v) is 11.6. The average molecular weight is 278 g/mol. The predicted molar refractivity (Wildman–Crippen MR) is 77.4 cm³/mol. The van der Waals surface area contributed by atoms with Crippen LogP contribution in [0.5, 0.6) is 0 Å². The van der Waals surface area contributed by atoms with Gasteiger partial charge >= 0.3 is 0 Å². The molecule has 100 valence electrons. The molecule has 0 unspecified atom stereocenters. The lowest BCUT2D eigenvalue weighted by Gasteiger charge is -2.09. The molecule has 1 heterocycles. The molecule has 4 nitrogen and oxygen atoms in total. The summed E-state index contributed by atoms with van der Waals surface area (Å²) in [7, 11) is 1.88. The van der Waals surface area contributed by atoms with Gasteiger partial charge in [-0.3, -0.25) is 4.68 Å². The van der Waals surface area contributed by atoms with Crippen molar-refractivity contribution in [3.8, 4) is 0 Å². The van der Waals surface area contributed by atoms with Gasteiger partial charge in [-0.25, -0.2) is 4.39 Å². The van der Waals surface area contributed by atoms with Gasteiger partial charge in [0.05, 0.1) is 17.9 Å². The van der Waals surface area contributed by atoms with Gasteiger partial charge in [0, 0.05) is 12.7 Å². The number of halogens is 1. The molecule has 0 saturated carbocycles. The number of anilines is 1. The van der Waals surface area contributed by atoms with E-state index < -0.39 is 0 Å². The molecule has 0 aliphatic heterocycles. The van der Waals surface area contributed by atoms with Crippen LogP contribution >= 0.6 is 12.2 Å². The molecular formula is C13H15FN4S. The van der Waals surface area contributed by atoms with Gasteiger partial charge in [-0.2, -0.15) is 5.10 Å². The van der Waals surface area contributed by atoms with Gasteiger partial charge < -0.3 is 10.6 Å². The molecule has 1 aromatic heterocycles. The zero-order chi connectivity index (χ0) is 13.8. The number of benzene rings is 1. The average Bonchev–Trinajstić information content (AvgIpc) is 2.69. The van der Waals surface area contributed by atoms with Crippen molar-refractivity contribution in [2.75, 3.05) is 5.32 Å². The lowest BCUT2D eigenvalue weighted by atomic mass is 10.3. The lowest BCUT2D eigenvalue weighted by molar-refractivity contribution is 0.632. The van der Waals surface area contributed by atoms with E-state index in [1.807, 2.05) is 20.0 Å². The summed E-state index contributed by atoms with van der Waals surface area (Å²) in [5.74, 6) is -0.333. The van der Waals surface area contributed by atoms with Gasteiger partial charge in [0.15, 0.2) is 5.11 Å². The zero-order valence-electron chi connectivity index (χ0n) is 10.8. The Morgan fingerprint density at radius 3 is 2.79 bits per heavy atom. The molecule has 0 fully saturated rings. The Labute approximate surface area is 116 Å². The van der Waals surface area contributed by atoms with Crippen molar-refractivity contribution < 1.29 is 4.39 Å². The van der Waals surface area contributed by atoms with E-state index in [1.165, 1.54) is 6.07 Å². The quantitative estimate of drug-likeness (QED) is 0.846. The van der Waals surface area contributed by atoms with Crippen LogP contribution in [0.3, 0.4) is 0 Å². The highest BCUT2D eigenvalue weighted by Crippen LogP contribution is 2.12. The fourth-order valence-corrected chi connectivity index (χ4v) is 1.80. The molecule has 2 N–H and O–H groups in total. The summed E-state index contributed by atoms with van der Waals surface area (Å²) in [4.78, 5) is 0. The van der Waals surface area contributed by atoms with E-state index in [4.69, 9.17) is 12.2 Å². The Hall–Kier alpha value is -1.95. The number of aromatic nitrogens is 2. The van der Waals surface area contributed by atoms with Crippen LogP contribution in [-0.4, -0.2) is 14.9 Å². The maximum Gasteiger partial charge on any atom is 0.171 e. The number of hydrogen-bond donors (Lipinski definition) is 2. The van der Waals surface area contributed by atoms with Crippen molar-refractivity contribution in [3.05, 3.63) is 47.5 Å². The first-order valence-electron chi connectivity index (χ1n) is 5.85. The molecule has 0 aliphatic carbocycles. The summed E-state index contributed by atoms with van der Waals surface area (Å²) >= 11 is 5.11. The standard InChI is InChI=1S/C13H15FN4S/c1-9-7-10(17-18(9)2)8-15-13(19)16-12-6-4-3-5-11(12)14/h3-7H,8H2,1-2H3,(H2,15,16,19). The number of aryl methyl sites for hydroxylation is 2. The van der Waals surface area contributed by atoms with Crippen molar-refractivity contribution in [3.63, 3.8) is 0 Å². The topological polar surface area (TPSA) is 41.9 Å². The monoisotopic (exact) mass is 278 g/mol. The molecule has 0 atom stereocenters. The van der Waals surface area contributed by atoms with Crippen molar-refractivity contribution in [2.45, 2.75) is 13.5 Å². The molecule has 2 aromatic rings. The maximum absolute atomic E-state index is 13.4. The van der Waals surface area contributed by atoms with Gasteiger partial charge in [-0.1, -0.05) is 12.1 Å². The Morgan fingerprint density at radius 2 is 2.16 bits per heavy atom. The molecule has 0 spiro atoms. The molecule has 2 rings (SSSR count). The number of rotatable bonds is 3. The van der Waals surface area contributed by atoms with Crippen LogP contribution in [0, 0.1) is 12.7 Å². The number of para-hydroxylation sites is 1. The molecule has 19 heavy (non-hydrogen) atoms. The number of hydrogen-bond acceptors (Lipinski definition) is 2. The fourth-order valence-electron chi connectivity index (χ4n) is 1.62. The Kier molecular flexibility index (Phi) is 4.11. The molecule has 0 bridgehead atoms. The number of thiocarbonyl (C=S) groups is 1. The number of nitrogens with zero attached hydrogens (tertiary/aromatic N) is 2. The molecule has 0 saturated heterocycles. The third-order valence-corrected chi connectivity index (χ3v) is 2.96. The molecular weight excluding hydrogens is 263 g/mol. The van der Waals surface area contributed by atoms with E-state index in [0.717, 1.165) is 11.4 Å². The third-order valence-electron chi connectivity index (χ3n) is 2.72. The molecule has 0 aliphatic rings. The van der Waals surface area contributed by atoms with Crippen LogP contribution in [-0.2, 0) is 13.6 Å². The van der Waals surface area contributed by atoms with E-state index in [-0.39, 0.29) is 5.82 Å². The third kappa shape index (κ3) is 3.51. The van der Waals surface area contributed by atoms with E-state index in [1.54, 1.807) is 22.9 Å². The summed E-state index contributed by atoms with van der Waals surface area (Å²) in [6, 6.07) is 8.36. The first-order valence-corrected chi connectivity index (χ1v) is 6.26. The molecule has 6 heteroatoms. The second-order valence-corrected chi connectivity index (χ2v) is 4.60. The normalized spacial score (nSPS) is 10.3. The van der Waals surface area contributed by atoms with Crippen LogP contribution in [0.4, 0.5) is 10.1 Å². The van der Waals surface area contributed by atoms with Crippen LogP contribution in [0.2, 0.25) is 0 Å². The Balaban J connectivity index is 1.90. The van der Waals surface area contributed by atoms with Crippen LogP contribution < -0.4 is 10.6 Å². The lowest BCUT2D eigenvalue weighted by Crippen LogP contribution is -2.28. The van der Waals surface area contributed by atoms with Crippen LogP contribution in [0.1, 0.15) is 11.4 Å². The summed E-state index contributed by atoms with van der Waals surface area (Å²) in [5, 5.41) is 10.5. The largest absolute Gasteiger partial charge is 0.357 e. The minimum atomic E-state index is -0.333. The smallest absolute Gasteiger partial charge is 0.171 e. The van der Waals surface area contributed by atoms with Crippen molar-refractivity contribution in [1.82, 2.24) is 15.1 Å². The van der Waals surface area contributed by atoms with Gasteiger partial charge in [0.25, 0.3) is 0 Å². The van der Waals surface area contributed by atoms with Gasteiger partial charge in [-0.15, -0.1) is 0 Å². The van der Waals surface area contributed by atoms with Crippen LogP contribution in [0.15, 0.2) is 30.3 Å². The SMILES string of the molecule is Cc1cc(CNC(=S)Nc2ccccc2F)nn1C. The van der Waals surface area contributed by atoms with E-state index in [0.29, 0.717) is 17.3 Å². The van der Waals surface area contributed by atoms with Crippen LogP contribution in [0.25, 0.3) is 0 Å². The minimum Gasteiger partial charge on any atom is -0.357 e. The van der Waals surface area contributed by atoms with Crippen molar-refractivity contribution >= 4 is 23.0 Å². The maximum atomic E-state index is 13.4. The molecule has 0 radical (unpaired) electrons. The predicted octanol–water partition coefficient (Wildman–Crippen LogP) is 2.35. The molecule has 1 aromatic carbocycles. The highest BCUT2D eigenvalue weighted by Gasteiger charge is 2.04. The highest BCUT2D eigenvalue weighted by atomic mass is 32.1. The first-order chi connectivity index (χ1) is 9.06. The summed E-state index contributed by atoms with van der Waals surface area (Å²) in [6.45, 7) is 2.48. The van der Waals surface area contributed by atoms with Gasteiger partial charge in [0.2, 0.25) is 0 Å². The van der Waals surface area contributed by atoms with E-state index >= 15 is 0 Å². The summed E-state index contributed by atoms with van der Waals surface area (Å²) in [6.07, 6.45) is 0. The second kappa shape index (κ2) is 5.79. The van der Waals surface area contributed by atoms with E-state index in [2.05, 4.69) is 15.7 Å². The number of nitrogens with one attached hydrogen (secondary N) is 2. The van der Waals surface area contributed by atoms with Crippen molar-refractivity contribution in [1.29, 1.82) is 0 Å². The fraction of sp³-hybridized carbons (Fsp3) is 0.231. The first kappa shape index (κ1) is 13.5. The minimum absolute atomic E-state index is 0.333. The second-order valence-electron chi connectivity index (χ2n) is 4.19. The highest BCUT2D eigenvalue weighted by molar-refractivity contribution is 7.80. The van der Waals surface area contributed by atoms with E-state index in [9.17, 15) is 4.39 Å². The summed E-state index contributed by atoms with van der Waals surface area (Å²) < 4.78 is 15.2. The van der Waals surface area contributed by atoms with Gasteiger partial charge in [0.1, 0.15) is 5.82 Å². The Morgan fingerprint density at radius 1 is 1.42 bits per heavy atom. The Bertz CT molecular complexity index is 575. The summed E-state index contributed by atoms with van der Waals surface area (Å²) in [5.41, 5.74) is 2.32.